The summed E-state index contributed by atoms with van der Waals surface area (Å²) in [5.41, 5.74) is 0.813. The number of rotatable bonds is 3. The number of nitro groups is 1. The van der Waals surface area contributed by atoms with Crippen LogP contribution in [-0.2, 0) is 4.79 Å². The van der Waals surface area contributed by atoms with Crippen LogP contribution in [0.25, 0.3) is 0 Å². The molecule has 0 aliphatic carbocycles. The molecule has 0 N–H and O–H groups in total. The number of aldehydes is 1. The summed E-state index contributed by atoms with van der Waals surface area (Å²) < 4.78 is 0. The summed E-state index contributed by atoms with van der Waals surface area (Å²) in [4.78, 5) is 27.1. The van der Waals surface area contributed by atoms with Gasteiger partial charge in [0.25, 0.3) is 5.69 Å². The molecule has 2 heterocycles. The van der Waals surface area contributed by atoms with E-state index in [9.17, 15) is 14.9 Å². The Hall–Kier alpha value is -1.98. The van der Waals surface area contributed by atoms with Gasteiger partial charge >= 0.3 is 0 Å². The highest BCUT2D eigenvalue weighted by atomic mass is 16.6. The number of piperidine rings is 1. The van der Waals surface area contributed by atoms with Crippen LogP contribution in [0.5, 0.6) is 0 Å². The lowest BCUT2D eigenvalue weighted by molar-refractivity contribution is -0.385. The van der Waals surface area contributed by atoms with Crippen molar-refractivity contribution in [3.8, 4) is 0 Å². The van der Waals surface area contributed by atoms with Gasteiger partial charge in [0.1, 0.15) is 18.3 Å². The predicted octanol–water partition coefficient (Wildman–Crippen LogP) is 1.71. The van der Waals surface area contributed by atoms with Crippen LogP contribution < -0.4 is 4.90 Å². The van der Waals surface area contributed by atoms with Crippen molar-refractivity contribution in [2.24, 2.45) is 5.92 Å². The molecule has 0 radical (unpaired) electrons. The van der Waals surface area contributed by atoms with E-state index in [4.69, 9.17) is 0 Å². The highest BCUT2D eigenvalue weighted by molar-refractivity contribution is 5.56. The number of anilines is 1. The van der Waals surface area contributed by atoms with Gasteiger partial charge in [0, 0.05) is 25.1 Å². The van der Waals surface area contributed by atoms with Gasteiger partial charge in [0.2, 0.25) is 0 Å². The largest absolute Gasteiger partial charge is 0.356 e. The quantitative estimate of drug-likeness (QED) is 0.463. The van der Waals surface area contributed by atoms with Crippen molar-refractivity contribution in [1.82, 2.24) is 4.98 Å². The van der Waals surface area contributed by atoms with E-state index in [-0.39, 0.29) is 11.6 Å². The Morgan fingerprint density at radius 1 is 1.50 bits per heavy atom. The average molecular weight is 249 g/mol. The lowest BCUT2D eigenvalue weighted by Gasteiger charge is -2.31. The molecule has 2 rings (SSSR count). The van der Waals surface area contributed by atoms with Crippen LogP contribution in [0.15, 0.2) is 12.3 Å². The topological polar surface area (TPSA) is 76.3 Å². The van der Waals surface area contributed by atoms with Gasteiger partial charge in [-0.3, -0.25) is 10.1 Å². The van der Waals surface area contributed by atoms with Crippen LogP contribution in [0.2, 0.25) is 0 Å². The monoisotopic (exact) mass is 249 g/mol. The second-order valence-electron chi connectivity index (χ2n) is 4.55. The third kappa shape index (κ3) is 2.47. The zero-order chi connectivity index (χ0) is 13.1. The molecule has 1 aliphatic heterocycles. The minimum Gasteiger partial charge on any atom is -0.356 e. The van der Waals surface area contributed by atoms with Gasteiger partial charge in [-0.25, -0.2) is 4.98 Å². The summed E-state index contributed by atoms with van der Waals surface area (Å²) in [6.07, 6.45) is 3.94. The normalized spacial score (nSPS) is 16.6. The second kappa shape index (κ2) is 5.12. The Kier molecular flexibility index (Phi) is 3.55. The third-order valence-corrected chi connectivity index (χ3v) is 3.28. The molecule has 0 aromatic carbocycles. The van der Waals surface area contributed by atoms with E-state index >= 15 is 0 Å². The van der Waals surface area contributed by atoms with Crippen molar-refractivity contribution >= 4 is 17.8 Å². The molecule has 1 fully saturated rings. The maximum Gasteiger partial charge on any atom is 0.287 e. The highest BCUT2D eigenvalue weighted by Crippen LogP contribution is 2.25. The van der Waals surface area contributed by atoms with Crippen molar-refractivity contribution in [3.05, 3.63) is 27.9 Å². The molecule has 0 amide bonds. The zero-order valence-corrected chi connectivity index (χ0v) is 10.2. The fourth-order valence-electron chi connectivity index (χ4n) is 2.23. The van der Waals surface area contributed by atoms with Gasteiger partial charge in [-0.1, -0.05) is 0 Å². The molecule has 1 aromatic rings. The number of aryl methyl sites for hydroxylation is 1. The van der Waals surface area contributed by atoms with Crippen LogP contribution >= 0.6 is 0 Å². The van der Waals surface area contributed by atoms with E-state index in [2.05, 4.69) is 9.88 Å². The standard InChI is InChI=1S/C12H15N3O3/c1-9-6-11(15(17)18)7-13-12(9)14-4-2-10(8-16)3-5-14/h6-8,10H,2-5H2,1H3. The highest BCUT2D eigenvalue weighted by Gasteiger charge is 2.21. The van der Waals surface area contributed by atoms with E-state index in [0.29, 0.717) is 0 Å². The minimum atomic E-state index is -0.442. The van der Waals surface area contributed by atoms with Crippen LogP contribution in [0, 0.1) is 23.0 Å². The smallest absolute Gasteiger partial charge is 0.287 e. The molecule has 0 spiro atoms. The Labute approximate surface area is 105 Å². The summed E-state index contributed by atoms with van der Waals surface area (Å²) in [5, 5.41) is 10.6. The summed E-state index contributed by atoms with van der Waals surface area (Å²) in [7, 11) is 0. The zero-order valence-electron chi connectivity index (χ0n) is 10.2. The van der Waals surface area contributed by atoms with Gasteiger partial charge in [0.05, 0.1) is 4.92 Å². The molecule has 6 heteroatoms. The van der Waals surface area contributed by atoms with Gasteiger partial charge in [0.15, 0.2) is 0 Å². The molecule has 0 saturated carbocycles. The third-order valence-electron chi connectivity index (χ3n) is 3.28. The Morgan fingerprint density at radius 2 is 2.17 bits per heavy atom. The number of carbonyl (C=O) groups excluding carboxylic acids is 1. The molecule has 1 saturated heterocycles. The van der Waals surface area contributed by atoms with Crippen molar-refractivity contribution in [2.75, 3.05) is 18.0 Å². The molecular formula is C12H15N3O3. The molecule has 96 valence electrons. The summed E-state index contributed by atoms with van der Waals surface area (Å²) in [6, 6.07) is 1.54. The number of carbonyl (C=O) groups is 1. The Balaban J connectivity index is 2.14. The second-order valence-corrected chi connectivity index (χ2v) is 4.55. The first-order valence-electron chi connectivity index (χ1n) is 5.93. The number of aromatic nitrogens is 1. The van der Waals surface area contributed by atoms with Crippen molar-refractivity contribution < 1.29 is 9.72 Å². The average Bonchev–Trinajstić information content (AvgIpc) is 2.38. The summed E-state index contributed by atoms with van der Waals surface area (Å²) in [5.74, 6) is 0.921. The van der Waals surface area contributed by atoms with Crippen molar-refractivity contribution in [2.45, 2.75) is 19.8 Å². The van der Waals surface area contributed by atoms with Crippen molar-refractivity contribution in [1.29, 1.82) is 0 Å². The molecule has 0 atom stereocenters. The van der Waals surface area contributed by atoms with Gasteiger partial charge < -0.3 is 9.69 Å². The number of hydrogen-bond acceptors (Lipinski definition) is 5. The van der Waals surface area contributed by atoms with Crippen LogP contribution in [0.1, 0.15) is 18.4 Å². The summed E-state index contributed by atoms with van der Waals surface area (Å²) in [6.45, 7) is 3.37. The number of pyridine rings is 1. The van der Waals surface area contributed by atoms with E-state index < -0.39 is 4.92 Å². The van der Waals surface area contributed by atoms with E-state index in [0.717, 1.165) is 43.6 Å². The molecule has 1 aliphatic rings. The maximum atomic E-state index is 10.7. The predicted molar refractivity (Wildman–Crippen MR) is 66.6 cm³/mol. The Morgan fingerprint density at radius 3 is 2.67 bits per heavy atom. The maximum absolute atomic E-state index is 10.7. The van der Waals surface area contributed by atoms with Gasteiger partial charge in [-0.15, -0.1) is 0 Å². The minimum absolute atomic E-state index is 0.0130. The molecule has 6 nitrogen and oxygen atoms in total. The molecule has 0 bridgehead atoms. The molecule has 1 aromatic heterocycles. The number of hydrogen-bond donors (Lipinski definition) is 0. The lowest BCUT2D eigenvalue weighted by Crippen LogP contribution is -2.35. The number of nitrogens with zero attached hydrogens (tertiary/aromatic N) is 3. The van der Waals surface area contributed by atoms with Crippen LogP contribution in [-0.4, -0.2) is 29.3 Å². The molecule has 18 heavy (non-hydrogen) atoms. The van der Waals surface area contributed by atoms with Crippen LogP contribution in [0.4, 0.5) is 11.5 Å². The fourth-order valence-corrected chi connectivity index (χ4v) is 2.23. The van der Waals surface area contributed by atoms with E-state index in [1.54, 1.807) is 0 Å². The van der Waals surface area contributed by atoms with E-state index in [1.165, 1.54) is 12.3 Å². The lowest BCUT2D eigenvalue weighted by atomic mass is 9.98. The first kappa shape index (κ1) is 12.5. The first-order valence-corrected chi connectivity index (χ1v) is 5.93. The Bertz CT molecular complexity index is 468. The fraction of sp³-hybridized carbons (Fsp3) is 0.500. The van der Waals surface area contributed by atoms with Gasteiger partial charge in [-0.2, -0.15) is 0 Å². The first-order chi connectivity index (χ1) is 8.61. The summed E-state index contributed by atoms with van der Waals surface area (Å²) >= 11 is 0. The van der Waals surface area contributed by atoms with Crippen molar-refractivity contribution in [3.63, 3.8) is 0 Å². The van der Waals surface area contributed by atoms with Gasteiger partial charge in [-0.05, 0) is 25.3 Å². The van der Waals surface area contributed by atoms with E-state index in [1.807, 2.05) is 6.92 Å². The SMILES string of the molecule is Cc1cc([N+](=O)[O-])cnc1N1CCC(C=O)CC1. The van der Waals surface area contributed by atoms with Crippen LogP contribution in [0.3, 0.4) is 0 Å². The molecule has 0 unspecified atom stereocenters. The molecular weight excluding hydrogens is 234 g/mol.